The maximum absolute atomic E-state index is 11.6. The van der Waals surface area contributed by atoms with Crippen LogP contribution in [0.5, 0.6) is 0 Å². The maximum atomic E-state index is 11.6. The van der Waals surface area contributed by atoms with Crippen molar-refractivity contribution in [2.75, 3.05) is 6.54 Å². The van der Waals surface area contributed by atoms with Crippen molar-refractivity contribution in [2.24, 2.45) is 0 Å². The Morgan fingerprint density at radius 3 is 2.50 bits per heavy atom. The highest BCUT2D eigenvalue weighted by Gasteiger charge is 2.48. The lowest BCUT2D eigenvalue weighted by Gasteiger charge is -2.19. The van der Waals surface area contributed by atoms with E-state index in [1.54, 1.807) is 0 Å². The lowest BCUT2D eigenvalue weighted by molar-refractivity contribution is -0.153. The molecule has 4 N–H and O–H groups in total. The van der Waals surface area contributed by atoms with Gasteiger partial charge >= 0.3 is 5.97 Å². The number of esters is 1. The molecule has 116 valence electrons. The number of rotatable bonds is 8. The minimum absolute atomic E-state index is 0.416. The zero-order valence-corrected chi connectivity index (χ0v) is 11.6. The summed E-state index contributed by atoms with van der Waals surface area (Å²) in [6, 6.07) is 0. The van der Waals surface area contributed by atoms with Gasteiger partial charge in [-0.15, -0.1) is 0 Å². The average Bonchev–Trinajstić information content (AvgIpc) is 2.69. The first-order valence-corrected chi connectivity index (χ1v) is 7.01. The second-order valence-electron chi connectivity index (χ2n) is 4.99. The minimum Gasteiger partial charge on any atom is -0.454 e. The van der Waals surface area contributed by atoms with Crippen LogP contribution in [-0.4, -0.2) is 58.2 Å². The van der Waals surface area contributed by atoms with Gasteiger partial charge in [-0.05, 0) is 6.42 Å². The van der Waals surface area contributed by atoms with Gasteiger partial charge in [-0.25, -0.2) is 4.79 Å². The van der Waals surface area contributed by atoms with Gasteiger partial charge in [0.25, 0.3) is 5.91 Å². The molecule has 0 aromatic carbocycles. The number of ether oxygens (including phenoxy) is 1. The molecular weight excluding hydrogens is 266 g/mol. The number of carbonyl (C=O) groups is 2. The van der Waals surface area contributed by atoms with Gasteiger partial charge in [0, 0.05) is 6.54 Å². The summed E-state index contributed by atoms with van der Waals surface area (Å²) >= 11 is 0. The molecule has 4 atom stereocenters. The Hall–Kier alpha value is -1.18. The van der Waals surface area contributed by atoms with Gasteiger partial charge in [0.2, 0.25) is 0 Å². The molecule has 1 fully saturated rings. The van der Waals surface area contributed by atoms with Crippen LogP contribution in [0.2, 0.25) is 0 Å². The van der Waals surface area contributed by atoms with Gasteiger partial charge in [0.05, 0.1) is 0 Å². The Labute approximate surface area is 117 Å². The Kier molecular flexibility index (Phi) is 6.90. The second kappa shape index (κ2) is 8.18. The van der Waals surface area contributed by atoms with Gasteiger partial charge in [0.15, 0.2) is 18.3 Å². The minimum atomic E-state index is -1.71. The number of carbonyl (C=O) groups excluding carboxylic acids is 2. The van der Waals surface area contributed by atoms with Crippen LogP contribution < -0.4 is 5.32 Å². The molecule has 1 aliphatic heterocycles. The van der Waals surface area contributed by atoms with Crippen LogP contribution in [0.15, 0.2) is 0 Å². The Morgan fingerprint density at radius 1 is 1.30 bits per heavy atom. The van der Waals surface area contributed by atoms with Crippen molar-refractivity contribution in [2.45, 2.75) is 63.4 Å². The molecule has 1 saturated heterocycles. The van der Waals surface area contributed by atoms with E-state index in [0.29, 0.717) is 6.54 Å². The molecule has 1 rings (SSSR count). The fraction of sp³-hybridized carbons (Fsp3) is 0.846. The van der Waals surface area contributed by atoms with Crippen molar-refractivity contribution in [3.05, 3.63) is 0 Å². The monoisotopic (exact) mass is 289 g/mol. The molecule has 0 saturated carbocycles. The van der Waals surface area contributed by atoms with Crippen molar-refractivity contribution < 1.29 is 29.6 Å². The smallest absolute Gasteiger partial charge is 0.338 e. The number of aliphatic hydroxyl groups excluding tert-OH is 3. The van der Waals surface area contributed by atoms with E-state index in [-0.39, 0.29) is 0 Å². The second-order valence-corrected chi connectivity index (χ2v) is 4.99. The summed E-state index contributed by atoms with van der Waals surface area (Å²) in [5.41, 5.74) is 0. The molecule has 0 unspecified atom stereocenters. The normalized spacial score (nSPS) is 27.2. The van der Waals surface area contributed by atoms with Crippen molar-refractivity contribution in [3.63, 3.8) is 0 Å². The first-order valence-electron chi connectivity index (χ1n) is 7.01. The number of amides is 1. The first kappa shape index (κ1) is 16.9. The van der Waals surface area contributed by atoms with Gasteiger partial charge in [-0.2, -0.15) is 0 Å². The predicted molar refractivity (Wildman–Crippen MR) is 69.7 cm³/mol. The van der Waals surface area contributed by atoms with E-state index in [1.165, 1.54) is 0 Å². The Morgan fingerprint density at radius 2 is 1.95 bits per heavy atom. The van der Waals surface area contributed by atoms with Crippen molar-refractivity contribution in [3.8, 4) is 0 Å². The van der Waals surface area contributed by atoms with Crippen molar-refractivity contribution in [1.82, 2.24) is 5.32 Å². The van der Waals surface area contributed by atoms with Crippen LogP contribution in [0, 0.1) is 0 Å². The molecule has 0 bridgehead atoms. The van der Waals surface area contributed by atoms with E-state index in [1.807, 2.05) is 0 Å². The van der Waals surface area contributed by atoms with E-state index < -0.39 is 36.3 Å². The van der Waals surface area contributed by atoms with Crippen LogP contribution in [0.1, 0.15) is 39.0 Å². The predicted octanol–water partition coefficient (Wildman–Crippen LogP) is -0.919. The lowest BCUT2D eigenvalue weighted by atomic mass is 10.1. The molecule has 0 radical (unpaired) electrons. The van der Waals surface area contributed by atoms with Crippen LogP contribution in [0.3, 0.4) is 0 Å². The number of unbranched alkanes of at least 4 members (excludes halogenated alkanes) is 4. The topological polar surface area (TPSA) is 116 Å². The van der Waals surface area contributed by atoms with Gasteiger partial charge in [-0.3, -0.25) is 4.79 Å². The van der Waals surface area contributed by atoms with Gasteiger partial charge in [0.1, 0.15) is 6.10 Å². The van der Waals surface area contributed by atoms with Crippen LogP contribution >= 0.6 is 0 Å². The van der Waals surface area contributed by atoms with Crippen LogP contribution in [0.4, 0.5) is 0 Å². The molecule has 1 aliphatic rings. The number of hydrogen-bond acceptors (Lipinski definition) is 6. The summed E-state index contributed by atoms with van der Waals surface area (Å²) in [5.74, 6) is -1.75. The molecule has 0 spiro atoms. The summed E-state index contributed by atoms with van der Waals surface area (Å²) < 4.78 is 4.58. The first-order chi connectivity index (χ1) is 9.49. The summed E-state index contributed by atoms with van der Waals surface area (Å²) in [6.07, 6.45) is -1.22. The van der Waals surface area contributed by atoms with Crippen LogP contribution in [0.25, 0.3) is 0 Å². The van der Waals surface area contributed by atoms with Crippen LogP contribution in [-0.2, 0) is 14.3 Å². The number of aliphatic hydroxyl groups is 3. The third-order valence-corrected chi connectivity index (χ3v) is 3.31. The van der Waals surface area contributed by atoms with E-state index in [9.17, 15) is 24.9 Å². The van der Waals surface area contributed by atoms with E-state index in [4.69, 9.17) is 0 Å². The van der Waals surface area contributed by atoms with Crippen molar-refractivity contribution >= 4 is 11.9 Å². The zero-order valence-electron chi connectivity index (χ0n) is 11.6. The Balaban J connectivity index is 2.27. The molecule has 7 nitrogen and oxygen atoms in total. The zero-order chi connectivity index (χ0) is 15.1. The molecular formula is C13H23NO6. The molecule has 0 aromatic rings. The third-order valence-electron chi connectivity index (χ3n) is 3.31. The Bertz CT molecular complexity index is 335. The van der Waals surface area contributed by atoms with E-state index in [2.05, 4.69) is 17.0 Å². The number of cyclic esters (lactones) is 1. The SMILES string of the molecule is CCCCCCCNC(=O)[C@H](O)[C@H]1OC(=O)[C@@H](O)[C@H]1O. The average molecular weight is 289 g/mol. The standard InChI is InChI=1S/C13H23NO6/c1-2-3-4-5-6-7-14-12(18)10(17)11-8(15)9(16)13(19)20-11/h8-11,15-17H,2-7H2,1H3,(H,14,18)/t8-,9+,10-,11+/m1/s1. The fourth-order valence-electron chi connectivity index (χ4n) is 2.04. The highest BCUT2D eigenvalue weighted by Crippen LogP contribution is 2.19. The molecule has 20 heavy (non-hydrogen) atoms. The molecule has 0 aromatic heterocycles. The molecule has 1 amide bonds. The highest BCUT2D eigenvalue weighted by molar-refractivity contribution is 5.84. The van der Waals surface area contributed by atoms with Gasteiger partial charge in [-0.1, -0.05) is 32.6 Å². The van der Waals surface area contributed by atoms with Gasteiger partial charge < -0.3 is 25.4 Å². The summed E-state index contributed by atoms with van der Waals surface area (Å²) in [5, 5.41) is 30.9. The lowest BCUT2D eigenvalue weighted by Crippen LogP contribution is -2.47. The number of hydrogen-bond donors (Lipinski definition) is 4. The summed E-state index contributed by atoms with van der Waals surface area (Å²) in [4.78, 5) is 22.6. The van der Waals surface area contributed by atoms with Crippen molar-refractivity contribution in [1.29, 1.82) is 0 Å². The van der Waals surface area contributed by atoms with E-state index >= 15 is 0 Å². The molecule has 1 heterocycles. The largest absolute Gasteiger partial charge is 0.454 e. The third kappa shape index (κ3) is 4.43. The quantitative estimate of drug-likeness (QED) is 0.339. The van der Waals surface area contributed by atoms with E-state index in [0.717, 1.165) is 32.1 Å². The summed E-state index contributed by atoms with van der Waals surface area (Å²) in [6.45, 7) is 2.53. The highest BCUT2D eigenvalue weighted by atomic mass is 16.6. The fourth-order valence-corrected chi connectivity index (χ4v) is 2.04. The number of nitrogens with one attached hydrogen (secondary N) is 1. The molecule has 0 aliphatic carbocycles. The molecule has 7 heteroatoms. The maximum Gasteiger partial charge on any atom is 0.338 e. The summed E-state index contributed by atoms with van der Waals surface area (Å²) in [7, 11) is 0.